The van der Waals surface area contributed by atoms with Crippen LogP contribution in [0.2, 0.25) is 10.0 Å². The molecule has 6 heterocycles. The Balaban J connectivity index is 0.937. The van der Waals surface area contributed by atoms with Gasteiger partial charge in [-0.1, -0.05) is 59.6 Å². The van der Waals surface area contributed by atoms with Gasteiger partial charge < -0.3 is 20.1 Å². The van der Waals surface area contributed by atoms with Gasteiger partial charge in [0.05, 0.1) is 41.2 Å². The number of benzene rings is 2. The minimum atomic E-state index is -0.0755. The van der Waals surface area contributed by atoms with Crippen LogP contribution in [0.5, 0.6) is 11.8 Å². The van der Waals surface area contributed by atoms with E-state index in [0.29, 0.717) is 34.6 Å². The van der Waals surface area contributed by atoms with Crippen LogP contribution < -0.4 is 20.1 Å². The number of amides is 2. The van der Waals surface area contributed by atoms with Crippen molar-refractivity contribution in [2.45, 2.75) is 62.6 Å². The second kappa shape index (κ2) is 12.7. The summed E-state index contributed by atoms with van der Waals surface area (Å²) in [6, 6.07) is 16.7. The fraction of sp³-hybridized carbons (Fsp3) is 0.429. The minimum absolute atomic E-state index is 0.0633. The lowest BCUT2D eigenvalue weighted by atomic mass is 9.77. The van der Waals surface area contributed by atoms with E-state index in [-0.39, 0.29) is 34.9 Å². The van der Waals surface area contributed by atoms with E-state index < -0.39 is 0 Å². The third-order valence-corrected chi connectivity index (χ3v) is 13.7. The molecule has 0 saturated carbocycles. The third kappa shape index (κ3) is 5.35. The third-order valence-electron chi connectivity index (χ3n) is 12.9. The number of carbonyl (C=O) groups is 2. The quantitative estimate of drug-likeness (QED) is 0.218. The van der Waals surface area contributed by atoms with Crippen LogP contribution in [0.3, 0.4) is 0 Å². The number of ether oxygens (including phenoxy) is 2. The lowest BCUT2D eigenvalue weighted by Crippen LogP contribution is -2.67. The molecule has 2 amide bonds. The molecular weight excluding hydrogens is 723 g/mol. The summed E-state index contributed by atoms with van der Waals surface area (Å²) in [5, 5.41) is 7.35. The van der Waals surface area contributed by atoms with Crippen molar-refractivity contribution in [3.8, 4) is 45.4 Å². The Labute approximate surface area is 324 Å². The Morgan fingerprint density at radius 1 is 0.722 bits per heavy atom. The van der Waals surface area contributed by atoms with Crippen LogP contribution in [0.15, 0.2) is 48.5 Å². The molecule has 0 bridgehead atoms. The maximum atomic E-state index is 11.9. The molecule has 4 saturated heterocycles. The summed E-state index contributed by atoms with van der Waals surface area (Å²) < 4.78 is 11.9. The van der Waals surface area contributed by atoms with Crippen LogP contribution in [0.4, 0.5) is 0 Å². The molecule has 4 fully saturated rings. The number of methoxy groups -OCH3 is 2. The highest BCUT2D eigenvalue weighted by Crippen LogP contribution is 2.51. The van der Waals surface area contributed by atoms with Crippen molar-refractivity contribution in [2.24, 2.45) is 5.41 Å². The van der Waals surface area contributed by atoms with Gasteiger partial charge in [-0.15, -0.1) is 0 Å². The maximum Gasteiger partial charge on any atom is 0.220 e. The van der Waals surface area contributed by atoms with Gasteiger partial charge in [0, 0.05) is 96.4 Å². The highest BCUT2D eigenvalue weighted by molar-refractivity contribution is 6.39. The monoisotopic (exact) mass is 764 g/mol. The smallest absolute Gasteiger partial charge is 0.220 e. The average molecular weight is 766 g/mol. The summed E-state index contributed by atoms with van der Waals surface area (Å²) in [5.41, 5.74) is 9.49. The number of carbonyl (C=O) groups excluding carboxylic acids is 2. The van der Waals surface area contributed by atoms with Gasteiger partial charge in [0.25, 0.3) is 0 Å². The minimum Gasteiger partial charge on any atom is -0.481 e. The topological polar surface area (TPSA) is 109 Å². The second-order valence-corrected chi connectivity index (χ2v) is 17.0. The molecule has 10 nitrogen and oxygen atoms in total. The van der Waals surface area contributed by atoms with E-state index in [2.05, 4.69) is 32.6 Å². The molecule has 0 unspecified atom stereocenters. The molecule has 2 aromatic heterocycles. The number of nitrogens with one attached hydrogen (secondary N) is 2. The average Bonchev–Trinajstić information content (AvgIpc) is 3.95. The standard InChI is InChI=1S/C42H42Cl2N6O4/c1-53-39-35-23(9-11-31(35)49-19-41(20-49)17-34(52)45-18-41)15-29(46-39)27-7-3-5-25(37(27)43)26-6-4-8-28(38(26)44)30-16-24-10-12-32(36(24)40(47-30)54-2)50-21-42(22-50)14-13-33(51)48-42/h3-8,15-16,31-32H,9-14,17-22H2,1-2H3,(H,45,52)(H,48,51)/t31-,32+/m0/s1. The molecule has 278 valence electrons. The van der Waals surface area contributed by atoms with Crippen molar-refractivity contribution in [3.63, 3.8) is 0 Å². The van der Waals surface area contributed by atoms with Crippen LogP contribution in [-0.4, -0.2) is 84.1 Å². The van der Waals surface area contributed by atoms with Crippen LogP contribution in [0.1, 0.15) is 66.4 Å². The van der Waals surface area contributed by atoms with Crippen molar-refractivity contribution >= 4 is 35.0 Å². The largest absolute Gasteiger partial charge is 0.481 e. The molecule has 2 aliphatic carbocycles. The molecule has 4 aliphatic heterocycles. The Bertz CT molecular complexity index is 2090. The number of pyridine rings is 2. The molecule has 2 N–H and O–H groups in total. The molecule has 2 atom stereocenters. The number of aryl methyl sites for hydroxylation is 2. The van der Waals surface area contributed by atoms with E-state index >= 15 is 0 Å². The number of likely N-dealkylation sites (tertiary alicyclic amines) is 2. The summed E-state index contributed by atoms with van der Waals surface area (Å²) in [7, 11) is 3.36. The second-order valence-electron chi connectivity index (χ2n) is 16.2. The number of aromatic nitrogens is 2. The number of halogens is 2. The summed E-state index contributed by atoms with van der Waals surface area (Å²) in [4.78, 5) is 38.9. The summed E-state index contributed by atoms with van der Waals surface area (Å²) >= 11 is 14.6. The number of hydrogen-bond donors (Lipinski definition) is 2. The number of fused-ring (bicyclic) bond motifs is 2. The van der Waals surface area contributed by atoms with Gasteiger partial charge in [0.2, 0.25) is 23.6 Å². The molecule has 6 aliphatic rings. The van der Waals surface area contributed by atoms with Crippen molar-refractivity contribution in [1.29, 1.82) is 0 Å². The van der Waals surface area contributed by atoms with Gasteiger partial charge in [-0.25, -0.2) is 9.97 Å². The predicted octanol–water partition coefficient (Wildman–Crippen LogP) is 6.56. The molecule has 4 aromatic rings. The number of nitrogens with zero attached hydrogens (tertiary/aromatic N) is 4. The first-order valence-corrected chi connectivity index (χ1v) is 19.7. The van der Waals surface area contributed by atoms with Gasteiger partial charge in [0.1, 0.15) is 0 Å². The van der Waals surface area contributed by atoms with Crippen LogP contribution in [0, 0.1) is 5.41 Å². The first-order chi connectivity index (χ1) is 26.2. The Morgan fingerprint density at radius 3 is 1.70 bits per heavy atom. The van der Waals surface area contributed by atoms with E-state index in [9.17, 15) is 9.59 Å². The lowest BCUT2D eigenvalue weighted by Gasteiger charge is -2.50. The summed E-state index contributed by atoms with van der Waals surface area (Å²) in [5.74, 6) is 1.57. The zero-order valence-electron chi connectivity index (χ0n) is 30.4. The predicted molar refractivity (Wildman–Crippen MR) is 207 cm³/mol. The molecule has 12 heteroatoms. The van der Waals surface area contributed by atoms with E-state index in [1.54, 1.807) is 14.2 Å². The fourth-order valence-electron chi connectivity index (χ4n) is 10.3. The van der Waals surface area contributed by atoms with Crippen LogP contribution in [-0.2, 0) is 22.4 Å². The number of rotatable bonds is 7. The Morgan fingerprint density at radius 2 is 1.24 bits per heavy atom. The van der Waals surface area contributed by atoms with E-state index in [4.69, 9.17) is 42.6 Å². The summed E-state index contributed by atoms with van der Waals surface area (Å²) in [6.45, 7) is 4.29. The first kappa shape index (κ1) is 34.3. The van der Waals surface area contributed by atoms with Crippen LogP contribution in [0.25, 0.3) is 33.6 Å². The van der Waals surface area contributed by atoms with E-state index in [0.717, 1.165) is 110 Å². The molecule has 2 spiro atoms. The number of hydrogen-bond acceptors (Lipinski definition) is 8. The SMILES string of the molecule is COc1nc(-c2cccc(-c3cccc(-c4cc5c(c(OC)n4)[C@@H](N4CC6(CNC(=O)C6)C4)CC5)c3Cl)c2Cl)cc2c1[C@H](N1CC3(CCC(=O)N3)C1)CC2. The Kier molecular flexibility index (Phi) is 8.04. The van der Waals surface area contributed by atoms with Crippen molar-refractivity contribution in [2.75, 3.05) is 46.9 Å². The van der Waals surface area contributed by atoms with Gasteiger partial charge in [-0.05, 0) is 55.4 Å². The van der Waals surface area contributed by atoms with Crippen molar-refractivity contribution in [1.82, 2.24) is 30.4 Å². The molecular formula is C42H42Cl2N6O4. The molecule has 10 rings (SSSR count). The highest BCUT2D eigenvalue weighted by atomic mass is 35.5. The van der Waals surface area contributed by atoms with Gasteiger partial charge in [-0.2, -0.15) is 0 Å². The first-order valence-electron chi connectivity index (χ1n) is 19.0. The normalized spacial score (nSPS) is 23.6. The summed E-state index contributed by atoms with van der Waals surface area (Å²) in [6.07, 6.45) is 5.95. The Hall–Kier alpha value is -4.22. The molecule has 0 radical (unpaired) electrons. The van der Waals surface area contributed by atoms with Crippen LogP contribution >= 0.6 is 23.2 Å². The van der Waals surface area contributed by atoms with Crippen molar-refractivity contribution in [3.05, 3.63) is 80.8 Å². The van der Waals surface area contributed by atoms with E-state index in [1.807, 2.05) is 36.4 Å². The maximum absolute atomic E-state index is 11.9. The van der Waals surface area contributed by atoms with Gasteiger partial charge in [0.15, 0.2) is 0 Å². The lowest BCUT2D eigenvalue weighted by molar-refractivity contribution is -0.121. The fourth-order valence-corrected chi connectivity index (χ4v) is 11.0. The van der Waals surface area contributed by atoms with Gasteiger partial charge >= 0.3 is 0 Å². The zero-order valence-corrected chi connectivity index (χ0v) is 31.9. The van der Waals surface area contributed by atoms with Crippen molar-refractivity contribution < 1.29 is 19.1 Å². The van der Waals surface area contributed by atoms with E-state index in [1.165, 1.54) is 11.1 Å². The highest BCUT2D eigenvalue weighted by Gasteiger charge is 2.52. The molecule has 54 heavy (non-hydrogen) atoms. The zero-order chi connectivity index (χ0) is 36.9. The van der Waals surface area contributed by atoms with Gasteiger partial charge in [-0.3, -0.25) is 19.4 Å². The molecule has 2 aromatic carbocycles.